The van der Waals surface area contributed by atoms with Crippen LogP contribution in [-0.4, -0.2) is 33.1 Å². The Bertz CT molecular complexity index is 791. The van der Waals surface area contributed by atoms with E-state index in [0.29, 0.717) is 16.7 Å². The van der Waals surface area contributed by atoms with E-state index < -0.39 is 5.97 Å². The van der Waals surface area contributed by atoms with Gasteiger partial charge < -0.3 is 10.0 Å². The minimum absolute atomic E-state index is 0.139. The van der Waals surface area contributed by atoms with Crippen LogP contribution in [0.4, 0.5) is 4.39 Å². The quantitative estimate of drug-likeness (QED) is 0.610. The Kier molecular flexibility index (Phi) is 6.33. The van der Waals surface area contributed by atoms with Crippen LogP contribution in [0.1, 0.15) is 44.6 Å². The Morgan fingerprint density at radius 3 is 2.72 bits per heavy atom. The molecule has 0 spiro atoms. The molecule has 1 aromatic rings. The molecule has 0 saturated heterocycles. The monoisotopic (exact) mass is 415 g/mol. The smallest absolute Gasteiger partial charge is 0.334 e. The lowest BCUT2D eigenvalue weighted by molar-refractivity contribution is -0.133. The van der Waals surface area contributed by atoms with Crippen LogP contribution in [0.3, 0.4) is 0 Å². The maximum Gasteiger partial charge on any atom is 0.334 e. The second-order valence-corrected chi connectivity index (χ2v) is 10.4. The average Bonchev–Trinajstić information content (AvgIpc) is 3.32. The Hall–Kier alpha value is -1.75. The van der Waals surface area contributed by atoms with Crippen LogP contribution in [0.25, 0.3) is 0 Å². The molecule has 0 radical (unpaired) electrons. The molecule has 1 aliphatic heterocycles. The van der Waals surface area contributed by atoms with Crippen molar-refractivity contribution in [3.63, 3.8) is 0 Å². The Balaban J connectivity index is 1.39. The van der Waals surface area contributed by atoms with E-state index in [4.69, 9.17) is 0 Å². The van der Waals surface area contributed by atoms with E-state index in [9.17, 15) is 14.3 Å². The van der Waals surface area contributed by atoms with Crippen LogP contribution in [0.2, 0.25) is 0 Å². The highest BCUT2D eigenvalue weighted by Gasteiger charge is 2.41. The van der Waals surface area contributed by atoms with Crippen LogP contribution < -0.4 is 0 Å². The standard InChI is InChI=1S/C24H30FNO2S/c1-16(4-5-17-7-10-21(25)11-8-17)29-23-22(24(27)28)3-2-12-26(23)15-20-14-18-6-9-19(20)13-18/h2-3,7-8,10-12,16,18-20,23H,4-6,9,13-15H2,1H3,(H,27,28). The zero-order chi connectivity index (χ0) is 20.4. The van der Waals surface area contributed by atoms with E-state index >= 15 is 0 Å². The number of aliphatic carboxylic acids is 1. The molecule has 3 aliphatic rings. The first-order chi connectivity index (χ1) is 14.0. The molecule has 5 atom stereocenters. The zero-order valence-electron chi connectivity index (χ0n) is 17.0. The predicted molar refractivity (Wildman–Crippen MR) is 116 cm³/mol. The fraction of sp³-hybridized carbons (Fsp3) is 0.542. The summed E-state index contributed by atoms with van der Waals surface area (Å²) in [7, 11) is 0. The summed E-state index contributed by atoms with van der Waals surface area (Å²) in [5.41, 5.74) is 1.60. The predicted octanol–water partition coefficient (Wildman–Crippen LogP) is 5.48. The summed E-state index contributed by atoms with van der Waals surface area (Å²) in [6, 6.07) is 6.67. The molecule has 0 amide bonds. The average molecular weight is 416 g/mol. The number of carbonyl (C=O) groups is 1. The maximum absolute atomic E-state index is 13.1. The molecule has 2 aliphatic carbocycles. The Labute approximate surface area is 177 Å². The van der Waals surface area contributed by atoms with Gasteiger partial charge in [-0.25, -0.2) is 9.18 Å². The largest absolute Gasteiger partial charge is 0.478 e. The number of aryl methyl sites for hydroxylation is 1. The van der Waals surface area contributed by atoms with Crippen molar-refractivity contribution in [3.05, 3.63) is 59.6 Å². The molecule has 4 rings (SSSR count). The zero-order valence-corrected chi connectivity index (χ0v) is 17.8. The number of halogens is 1. The number of nitrogens with zero attached hydrogens (tertiary/aromatic N) is 1. The van der Waals surface area contributed by atoms with Gasteiger partial charge in [0.05, 0.1) is 5.57 Å². The number of hydrogen-bond acceptors (Lipinski definition) is 3. The molecular formula is C24H30FNO2S. The van der Waals surface area contributed by atoms with Crippen LogP contribution in [0.15, 0.2) is 48.2 Å². The fourth-order valence-corrected chi connectivity index (χ4v) is 6.59. The van der Waals surface area contributed by atoms with E-state index in [1.807, 2.05) is 18.2 Å². The molecule has 1 heterocycles. The molecule has 2 fully saturated rings. The molecular weight excluding hydrogens is 385 g/mol. The molecule has 2 bridgehead atoms. The number of benzene rings is 1. The molecule has 5 unspecified atom stereocenters. The molecule has 156 valence electrons. The van der Waals surface area contributed by atoms with Crippen molar-refractivity contribution < 1.29 is 14.3 Å². The normalized spacial score (nSPS) is 29.2. The first-order valence-electron chi connectivity index (χ1n) is 10.8. The van der Waals surface area contributed by atoms with Gasteiger partial charge in [-0.2, -0.15) is 0 Å². The molecule has 29 heavy (non-hydrogen) atoms. The minimum atomic E-state index is -0.824. The lowest BCUT2D eigenvalue weighted by Crippen LogP contribution is -2.39. The lowest BCUT2D eigenvalue weighted by Gasteiger charge is -2.37. The third kappa shape index (κ3) is 4.88. The molecule has 0 aromatic heterocycles. The number of allylic oxidation sites excluding steroid dienone is 2. The fourth-order valence-electron chi connectivity index (χ4n) is 5.26. The van der Waals surface area contributed by atoms with Crippen LogP contribution in [0, 0.1) is 23.6 Å². The molecule has 1 N–H and O–H groups in total. The highest BCUT2D eigenvalue weighted by molar-refractivity contribution is 8.00. The first kappa shape index (κ1) is 20.5. The highest BCUT2D eigenvalue weighted by atomic mass is 32.2. The van der Waals surface area contributed by atoms with E-state index in [2.05, 4.69) is 18.0 Å². The second kappa shape index (κ2) is 8.95. The Morgan fingerprint density at radius 1 is 1.28 bits per heavy atom. The van der Waals surface area contributed by atoms with E-state index in [1.165, 1.54) is 37.8 Å². The van der Waals surface area contributed by atoms with Crippen molar-refractivity contribution in [2.24, 2.45) is 17.8 Å². The number of thioether (sulfide) groups is 1. The van der Waals surface area contributed by atoms with Gasteiger partial charge in [0, 0.05) is 18.0 Å². The third-order valence-electron chi connectivity index (χ3n) is 6.81. The Morgan fingerprint density at radius 2 is 2.07 bits per heavy atom. The van der Waals surface area contributed by atoms with Crippen molar-refractivity contribution in [1.82, 2.24) is 4.90 Å². The van der Waals surface area contributed by atoms with E-state index in [0.717, 1.165) is 36.8 Å². The summed E-state index contributed by atoms with van der Waals surface area (Å²) in [5.74, 6) is 1.39. The number of carboxylic acids is 1. The van der Waals surface area contributed by atoms with Gasteiger partial charge in [0.2, 0.25) is 0 Å². The first-order valence-corrected chi connectivity index (χ1v) is 11.7. The van der Waals surface area contributed by atoms with Crippen LogP contribution >= 0.6 is 11.8 Å². The van der Waals surface area contributed by atoms with Gasteiger partial charge >= 0.3 is 5.97 Å². The SMILES string of the molecule is CC(CCc1ccc(F)cc1)SC1C(C(=O)O)=CC=CN1CC1CC2CCC1C2. The summed E-state index contributed by atoms with van der Waals surface area (Å²) in [4.78, 5) is 14.2. The van der Waals surface area contributed by atoms with Gasteiger partial charge in [-0.05, 0) is 79.7 Å². The van der Waals surface area contributed by atoms with Crippen LogP contribution in [-0.2, 0) is 11.2 Å². The third-order valence-corrected chi connectivity index (χ3v) is 8.29. The van der Waals surface area contributed by atoms with Gasteiger partial charge in [0.15, 0.2) is 0 Å². The molecule has 2 saturated carbocycles. The van der Waals surface area contributed by atoms with Gasteiger partial charge in [-0.3, -0.25) is 0 Å². The summed E-state index contributed by atoms with van der Waals surface area (Å²) in [6.45, 7) is 3.13. The van der Waals surface area contributed by atoms with Crippen molar-refractivity contribution in [2.75, 3.05) is 6.54 Å². The summed E-state index contributed by atoms with van der Waals surface area (Å²) in [6.07, 6.45) is 12.9. The van der Waals surface area contributed by atoms with Gasteiger partial charge in [-0.15, -0.1) is 11.8 Å². The lowest BCUT2D eigenvalue weighted by atomic mass is 9.88. The summed E-state index contributed by atoms with van der Waals surface area (Å²) >= 11 is 1.74. The van der Waals surface area contributed by atoms with E-state index in [-0.39, 0.29) is 11.2 Å². The maximum atomic E-state index is 13.1. The second-order valence-electron chi connectivity index (χ2n) is 8.86. The van der Waals surface area contributed by atoms with Crippen molar-refractivity contribution >= 4 is 17.7 Å². The van der Waals surface area contributed by atoms with E-state index in [1.54, 1.807) is 17.8 Å². The molecule has 5 heteroatoms. The van der Waals surface area contributed by atoms with Crippen molar-refractivity contribution in [2.45, 2.75) is 56.1 Å². The number of carboxylic acid groups (broad SMARTS) is 1. The van der Waals surface area contributed by atoms with Crippen LogP contribution in [0.5, 0.6) is 0 Å². The number of rotatable bonds is 8. The highest BCUT2D eigenvalue weighted by Crippen LogP contribution is 2.49. The van der Waals surface area contributed by atoms with Gasteiger partial charge in [-0.1, -0.05) is 25.5 Å². The topological polar surface area (TPSA) is 40.5 Å². The number of hydrogen-bond donors (Lipinski definition) is 1. The van der Waals surface area contributed by atoms with Gasteiger partial charge in [0.1, 0.15) is 11.2 Å². The number of fused-ring (bicyclic) bond motifs is 2. The van der Waals surface area contributed by atoms with Gasteiger partial charge in [0.25, 0.3) is 0 Å². The van der Waals surface area contributed by atoms with Crippen molar-refractivity contribution in [1.29, 1.82) is 0 Å². The summed E-state index contributed by atoms with van der Waals surface area (Å²) < 4.78 is 13.1. The summed E-state index contributed by atoms with van der Waals surface area (Å²) in [5, 5.41) is 9.93. The molecule has 1 aromatic carbocycles. The van der Waals surface area contributed by atoms with Crippen molar-refractivity contribution in [3.8, 4) is 0 Å². The molecule has 3 nitrogen and oxygen atoms in total. The minimum Gasteiger partial charge on any atom is -0.478 e.